The molecule has 6 nitrogen and oxygen atoms in total. The van der Waals surface area contributed by atoms with Crippen LogP contribution < -0.4 is 0 Å². The van der Waals surface area contributed by atoms with Crippen molar-refractivity contribution >= 4 is 11.6 Å². The minimum Gasteiger partial charge on any atom is -0.396 e. The molecule has 0 radical (unpaired) electrons. The third-order valence-corrected chi connectivity index (χ3v) is 8.92. The Balaban J connectivity index is 1.15. The van der Waals surface area contributed by atoms with Gasteiger partial charge in [-0.2, -0.15) is 0 Å². The van der Waals surface area contributed by atoms with Crippen LogP contribution in [0, 0.1) is 29.6 Å². The van der Waals surface area contributed by atoms with Crippen molar-refractivity contribution in [3.63, 3.8) is 0 Å². The quantitative estimate of drug-likeness (QED) is 0.536. The van der Waals surface area contributed by atoms with E-state index in [9.17, 15) is 19.8 Å². The highest BCUT2D eigenvalue weighted by atomic mass is 16.3. The van der Waals surface area contributed by atoms with Crippen molar-refractivity contribution in [1.82, 2.24) is 9.80 Å². The lowest BCUT2D eigenvalue weighted by atomic mass is 9.68. The number of aliphatic hydroxyl groups excluding tert-OH is 2. The maximum atomic E-state index is 12.9. The van der Waals surface area contributed by atoms with Crippen molar-refractivity contribution in [2.24, 2.45) is 29.6 Å². The molecule has 190 valence electrons. The Hall–Kier alpha value is -1.50. The largest absolute Gasteiger partial charge is 0.396 e. The van der Waals surface area contributed by atoms with E-state index in [2.05, 4.69) is 4.90 Å². The number of aliphatic hydroxyl groups is 2. The molecule has 0 aromatic carbocycles. The summed E-state index contributed by atoms with van der Waals surface area (Å²) in [5.74, 6) is 2.93. The van der Waals surface area contributed by atoms with Crippen molar-refractivity contribution in [3.05, 3.63) is 23.9 Å². The Labute approximate surface area is 205 Å². The van der Waals surface area contributed by atoms with Gasteiger partial charge in [0.1, 0.15) is 5.78 Å². The Kier molecular flexibility index (Phi) is 9.38. The molecule has 0 bridgehead atoms. The summed E-state index contributed by atoms with van der Waals surface area (Å²) in [5, 5.41) is 18.8. The van der Waals surface area contributed by atoms with Gasteiger partial charge in [-0.25, -0.2) is 0 Å². The first-order valence-electron chi connectivity index (χ1n) is 13.7. The molecule has 0 amide bonds. The van der Waals surface area contributed by atoms with Crippen molar-refractivity contribution in [1.29, 1.82) is 0 Å². The first kappa shape index (κ1) is 25.6. The van der Waals surface area contributed by atoms with Crippen LogP contribution in [0.2, 0.25) is 0 Å². The maximum Gasteiger partial charge on any atom is 0.155 e. The van der Waals surface area contributed by atoms with Gasteiger partial charge >= 0.3 is 0 Å². The summed E-state index contributed by atoms with van der Waals surface area (Å²) < 4.78 is 0. The fourth-order valence-corrected chi connectivity index (χ4v) is 6.82. The van der Waals surface area contributed by atoms with Gasteiger partial charge in [-0.1, -0.05) is 12.2 Å². The molecule has 0 aromatic rings. The molecule has 34 heavy (non-hydrogen) atoms. The molecule has 0 aromatic heterocycles. The van der Waals surface area contributed by atoms with Crippen LogP contribution in [0.25, 0.3) is 0 Å². The van der Waals surface area contributed by atoms with E-state index in [-0.39, 0.29) is 25.0 Å². The molecule has 1 atom stereocenters. The summed E-state index contributed by atoms with van der Waals surface area (Å²) in [7, 11) is 0. The first-order chi connectivity index (χ1) is 16.6. The van der Waals surface area contributed by atoms with Gasteiger partial charge in [0.15, 0.2) is 5.78 Å². The van der Waals surface area contributed by atoms with Gasteiger partial charge in [0, 0.05) is 37.7 Å². The van der Waals surface area contributed by atoms with Gasteiger partial charge in [0.2, 0.25) is 0 Å². The zero-order valence-electron chi connectivity index (χ0n) is 20.7. The average molecular weight is 473 g/mol. The van der Waals surface area contributed by atoms with Crippen LogP contribution in [-0.2, 0) is 9.59 Å². The van der Waals surface area contributed by atoms with E-state index in [1.165, 1.54) is 0 Å². The monoisotopic (exact) mass is 472 g/mol. The summed E-state index contributed by atoms with van der Waals surface area (Å²) in [6.07, 6.45) is 16.7. The van der Waals surface area contributed by atoms with E-state index in [1.54, 1.807) is 0 Å². The number of piperidine rings is 1. The Bertz CT molecular complexity index is 748. The minimum atomic E-state index is 0.0164. The number of nitrogens with zero attached hydrogens (tertiary/aromatic N) is 2. The normalized spacial score (nSPS) is 32.9. The molecular formula is C28H44N2O4. The number of hydrogen-bond acceptors (Lipinski definition) is 6. The minimum absolute atomic E-state index is 0.0164. The van der Waals surface area contributed by atoms with Crippen LogP contribution in [0.3, 0.4) is 0 Å². The van der Waals surface area contributed by atoms with Gasteiger partial charge in [-0.3, -0.25) is 14.5 Å². The van der Waals surface area contributed by atoms with E-state index in [0.29, 0.717) is 36.5 Å². The van der Waals surface area contributed by atoms with Crippen molar-refractivity contribution < 1.29 is 19.8 Å². The number of Topliss-reactive ketones (excluding diaryl/α,β-unsaturated/α-hetero) is 2. The molecule has 4 aliphatic rings. The highest BCUT2D eigenvalue weighted by Gasteiger charge is 2.35. The second-order valence-corrected chi connectivity index (χ2v) is 11.3. The molecule has 1 unspecified atom stereocenters. The molecular weight excluding hydrogens is 428 g/mol. The summed E-state index contributed by atoms with van der Waals surface area (Å²) in [6.45, 7) is 3.88. The average Bonchev–Trinajstić information content (AvgIpc) is 2.89. The standard InChI is InChI=1S/C28H44N2O4/c31-19-21-3-1-13-29(15-21)17-27(33)25-9-5-23(6-10-25)24-7-11-26(12-8-24)28(34)18-30-14-2-4-22(16-30)20-32/h1,3,15,22-26,31-32H,2,4-14,16-20H2. The zero-order valence-corrected chi connectivity index (χ0v) is 20.7. The third-order valence-electron chi connectivity index (χ3n) is 8.92. The Morgan fingerprint density at radius 3 is 2.06 bits per heavy atom. The van der Waals surface area contributed by atoms with Crippen LogP contribution in [0.15, 0.2) is 23.9 Å². The van der Waals surface area contributed by atoms with Gasteiger partial charge in [-0.15, -0.1) is 0 Å². The number of likely N-dealkylation sites (tertiary alicyclic amines) is 1. The SMILES string of the molecule is O=C(CN1C=C(CO)C=CC1)C1CCC(C2CCC(C(=O)CN3CCCC(CO)C3)CC2)CC1. The summed E-state index contributed by atoms with van der Waals surface area (Å²) >= 11 is 0. The van der Waals surface area contributed by atoms with E-state index in [4.69, 9.17) is 0 Å². The van der Waals surface area contributed by atoms with Crippen molar-refractivity contribution in [2.75, 3.05) is 45.9 Å². The van der Waals surface area contributed by atoms with Crippen LogP contribution in [0.5, 0.6) is 0 Å². The van der Waals surface area contributed by atoms with E-state index in [0.717, 1.165) is 95.3 Å². The number of rotatable bonds is 9. The van der Waals surface area contributed by atoms with Crippen LogP contribution in [0.4, 0.5) is 0 Å². The lowest BCUT2D eigenvalue weighted by molar-refractivity contribution is -0.127. The van der Waals surface area contributed by atoms with Gasteiger partial charge < -0.3 is 15.1 Å². The number of carbonyl (C=O) groups excluding carboxylic acids is 2. The van der Waals surface area contributed by atoms with Gasteiger partial charge in [0.25, 0.3) is 0 Å². The molecule has 2 aliphatic carbocycles. The Morgan fingerprint density at radius 1 is 0.853 bits per heavy atom. The summed E-state index contributed by atoms with van der Waals surface area (Å²) in [5.41, 5.74) is 0.863. The predicted molar refractivity (Wildman–Crippen MR) is 133 cm³/mol. The molecule has 2 aliphatic heterocycles. The van der Waals surface area contributed by atoms with Gasteiger partial charge in [-0.05, 0) is 94.1 Å². The van der Waals surface area contributed by atoms with E-state index >= 15 is 0 Å². The van der Waals surface area contributed by atoms with Crippen LogP contribution in [-0.4, -0.2) is 77.5 Å². The number of ketones is 2. The fraction of sp³-hybridized carbons (Fsp3) is 0.786. The lowest BCUT2D eigenvalue weighted by Gasteiger charge is -2.38. The molecule has 3 fully saturated rings. The van der Waals surface area contributed by atoms with E-state index < -0.39 is 0 Å². The second-order valence-electron chi connectivity index (χ2n) is 11.3. The molecule has 2 N–H and O–H groups in total. The first-order valence-corrected chi connectivity index (χ1v) is 13.7. The second kappa shape index (κ2) is 12.5. The lowest BCUT2D eigenvalue weighted by Crippen LogP contribution is -2.42. The zero-order chi connectivity index (χ0) is 23.9. The summed E-state index contributed by atoms with van der Waals surface area (Å²) in [6, 6.07) is 0. The highest BCUT2D eigenvalue weighted by molar-refractivity contribution is 5.83. The number of carbonyl (C=O) groups is 2. The molecule has 0 spiro atoms. The van der Waals surface area contributed by atoms with Crippen molar-refractivity contribution in [2.45, 2.75) is 64.2 Å². The highest BCUT2D eigenvalue weighted by Crippen LogP contribution is 2.42. The van der Waals surface area contributed by atoms with Gasteiger partial charge in [0.05, 0.1) is 19.7 Å². The Morgan fingerprint density at radius 2 is 1.47 bits per heavy atom. The smallest absolute Gasteiger partial charge is 0.155 e. The third kappa shape index (κ3) is 6.79. The fourth-order valence-electron chi connectivity index (χ4n) is 6.82. The molecule has 4 rings (SSSR count). The molecule has 2 saturated carbocycles. The molecule has 2 heterocycles. The van der Waals surface area contributed by atoms with Crippen LogP contribution in [0.1, 0.15) is 64.2 Å². The molecule has 6 heteroatoms. The predicted octanol–water partition coefficient (Wildman–Crippen LogP) is 3.19. The number of hydrogen-bond donors (Lipinski definition) is 2. The maximum absolute atomic E-state index is 12.9. The topological polar surface area (TPSA) is 81.1 Å². The van der Waals surface area contributed by atoms with Crippen LogP contribution >= 0.6 is 0 Å². The van der Waals surface area contributed by atoms with Crippen molar-refractivity contribution in [3.8, 4) is 0 Å². The molecule has 1 saturated heterocycles. The van der Waals surface area contributed by atoms with E-state index in [1.807, 2.05) is 23.3 Å². The summed E-state index contributed by atoms with van der Waals surface area (Å²) in [4.78, 5) is 30.0.